The Balaban J connectivity index is 0.00000338. The Bertz CT molecular complexity index is 373. The van der Waals surface area contributed by atoms with Gasteiger partial charge in [-0.3, -0.25) is 4.99 Å². The highest BCUT2D eigenvalue weighted by atomic mass is 127. The monoisotopic (exact) mass is 483 g/mol. The Morgan fingerprint density at radius 3 is 2.50 bits per heavy atom. The second kappa shape index (κ2) is 14.9. The normalized spacial score (nSPS) is 18.7. The standard InChI is InChI=1S/C19H37N3O3.HI/c1-3-20-19(21-10-4-14-24-16-17-6-7-17)22-11-8-18(9-12-22)25-15-5-13-23-2;/h17-18H,3-16H2,1-2H3,(H,20,21);1H. The smallest absolute Gasteiger partial charge is 0.193 e. The molecule has 0 atom stereocenters. The van der Waals surface area contributed by atoms with Gasteiger partial charge in [0.05, 0.1) is 6.10 Å². The number of ether oxygens (including phenoxy) is 3. The molecule has 0 aromatic rings. The van der Waals surface area contributed by atoms with Crippen molar-refractivity contribution < 1.29 is 14.2 Å². The number of hydrogen-bond donors (Lipinski definition) is 1. The first kappa shape index (κ1) is 23.9. The third kappa shape index (κ3) is 10.3. The predicted octanol–water partition coefficient (Wildman–Crippen LogP) is 2.90. The Labute approximate surface area is 176 Å². The SMILES string of the molecule is CCNC(=NCCCOCC1CC1)N1CCC(OCCCOC)CC1.I. The summed E-state index contributed by atoms with van der Waals surface area (Å²) in [4.78, 5) is 7.14. The molecule has 0 spiro atoms. The van der Waals surface area contributed by atoms with Gasteiger partial charge in [0.1, 0.15) is 0 Å². The van der Waals surface area contributed by atoms with E-state index in [1.165, 1.54) is 12.8 Å². The number of methoxy groups -OCH3 is 1. The second-order valence-electron chi connectivity index (χ2n) is 7.01. The maximum atomic E-state index is 5.94. The highest BCUT2D eigenvalue weighted by Crippen LogP contribution is 2.28. The van der Waals surface area contributed by atoms with Gasteiger partial charge in [0.15, 0.2) is 5.96 Å². The molecule has 0 aromatic heterocycles. The zero-order valence-electron chi connectivity index (χ0n) is 16.6. The lowest BCUT2D eigenvalue weighted by atomic mass is 10.1. The van der Waals surface area contributed by atoms with Crippen molar-refractivity contribution in [3.05, 3.63) is 0 Å². The molecule has 7 heteroatoms. The summed E-state index contributed by atoms with van der Waals surface area (Å²) in [5.41, 5.74) is 0. The van der Waals surface area contributed by atoms with Gasteiger partial charge in [-0.15, -0.1) is 24.0 Å². The van der Waals surface area contributed by atoms with Gasteiger partial charge in [0, 0.05) is 59.7 Å². The fourth-order valence-corrected chi connectivity index (χ4v) is 3.00. The molecule has 0 amide bonds. The van der Waals surface area contributed by atoms with E-state index in [1.807, 2.05) is 0 Å². The first-order valence-electron chi connectivity index (χ1n) is 10.0. The highest BCUT2D eigenvalue weighted by Gasteiger charge is 2.22. The second-order valence-corrected chi connectivity index (χ2v) is 7.01. The first-order valence-corrected chi connectivity index (χ1v) is 10.0. The van der Waals surface area contributed by atoms with Crippen LogP contribution in [0.4, 0.5) is 0 Å². The molecule has 26 heavy (non-hydrogen) atoms. The number of piperidine rings is 1. The average Bonchev–Trinajstić information content (AvgIpc) is 3.46. The van der Waals surface area contributed by atoms with Gasteiger partial charge >= 0.3 is 0 Å². The predicted molar refractivity (Wildman–Crippen MR) is 117 cm³/mol. The van der Waals surface area contributed by atoms with Gasteiger partial charge in [-0.1, -0.05) is 0 Å². The van der Waals surface area contributed by atoms with Crippen LogP contribution in [0.15, 0.2) is 4.99 Å². The maximum absolute atomic E-state index is 5.94. The summed E-state index contributed by atoms with van der Waals surface area (Å²) < 4.78 is 16.7. The van der Waals surface area contributed by atoms with Gasteiger partial charge in [0.2, 0.25) is 0 Å². The number of halogens is 1. The van der Waals surface area contributed by atoms with Crippen LogP contribution in [0.5, 0.6) is 0 Å². The summed E-state index contributed by atoms with van der Waals surface area (Å²) >= 11 is 0. The minimum atomic E-state index is 0. The van der Waals surface area contributed by atoms with Crippen molar-refractivity contribution in [3.8, 4) is 0 Å². The molecule has 1 saturated carbocycles. The molecule has 0 radical (unpaired) electrons. The van der Waals surface area contributed by atoms with E-state index in [9.17, 15) is 0 Å². The van der Waals surface area contributed by atoms with Crippen molar-refractivity contribution >= 4 is 29.9 Å². The molecule has 1 aliphatic carbocycles. The van der Waals surface area contributed by atoms with E-state index in [0.29, 0.717) is 6.10 Å². The zero-order chi connectivity index (χ0) is 17.7. The highest BCUT2D eigenvalue weighted by molar-refractivity contribution is 14.0. The lowest BCUT2D eigenvalue weighted by Gasteiger charge is -2.34. The molecule has 0 aromatic carbocycles. The summed E-state index contributed by atoms with van der Waals surface area (Å²) in [6, 6.07) is 0. The minimum absolute atomic E-state index is 0. The third-order valence-electron chi connectivity index (χ3n) is 4.68. The molecule has 1 N–H and O–H groups in total. The number of likely N-dealkylation sites (tertiary alicyclic amines) is 1. The van der Waals surface area contributed by atoms with Crippen LogP contribution in [0.3, 0.4) is 0 Å². The summed E-state index contributed by atoms with van der Waals surface area (Å²) in [5, 5.41) is 3.42. The van der Waals surface area contributed by atoms with Gasteiger partial charge in [-0.2, -0.15) is 0 Å². The Hall–Kier alpha value is -0.120. The first-order chi connectivity index (χ1) is 12.3. The summed E-state index contributed by atoms with van der Waals surface area (Å²) in [7, 11) is 1.74. The van der Waals surface area contributed by atoms with Crippen molar-refractivity contribution in [1.82, 2.24) is 10.2 Å². The number of nitrogens with zero attached hydrogens (tertiary/aromatic N) is 2. The van der Waals surface area contributed by atoms with Crippen molar-refractivity contribution in [2.75, 3.05) is 59.7 Å². The van der Waals surface area contributed by atoms with Crippen LogP contribution in [0.2, 0.25) is 0 Å². The molecule has 1 aliphatic heterocycles. The topological polar surface area (TPSA) is 55.3 Å². The Kier molecular flexibility index (Phi) is 13.7. The molecule has 0 bridgehead atoms. The molecule has 2 rings (SSSR count). The van der Waals surface area contributed by atoms with Gasteiger partial charge in [0.25, 0.3) is 0 Å². The van der Waals surface area contributed by atoms with E-state index < -0.39 is 0 Å². The van der Waals surface area contributed by atoms with E-state index in [2.05, 4.69) is 17.1 Å². The number of rotatable bonds is 12. The van der Waals surface area contributed by atoms with Crippen LogP contribution < -0.4 is 5.32 Å². The van der Waals surface area contributed by atoms with Crippen molar-refractivity contribution in [2.45, 2.75) is 51.6 Å². The van der Waals surface area contributed by atoms with E-state index in [1.54, 1.807) is 7.11 Å². The lowest BCUT2D eigenvalue weighted by molar-refractivity contribution is 0.00990. The molecule has 1 heterocycles. The fraction of sp³-hybridized carbons (Fsp3) is 0.947. The van der Waals surface area contributed by atoms with E-state index in [-0.39, 0.29) is 24.0 Å². The van der Waals surface area contributed by atoms with Crippen molar-refractivity contribution in [3.63, 3.8) is 0 Å². The largest absolute Gasteiger partial charge is 0.385 e. The summed E-state index contributed by atoms with van der Waals surface area (Å²) in [6.07, 6.45) is 7.21. The van der Waals surface area contributed by atoms with Crippen LogP contribution >= 0.6 is 24.0 Å². The average molecular weight is 483 g/mol. The van der Waals surface area contributed by atoms with Crippen LogP contribution in [0.25, 0.3) is 0 Å². The molecule has 2 aliphatic rings. The molecule has 0 unspecified atom stereocenters. The van der Waals surface area contributed by atoms with Crippen LogP contribution in [-0.4, -0.2) is 76.7 Å². The van der Waals surface area contributed by atoms with E-state index in [4.69, 9.17) is 19.2 Å². The number of hydrogen-bond acceptors (Lipinski definition) is 4. The molecule has 154 valence electrons. The van der Waals surface area contributed by atoms with Gasteiger partial charge in [-0.25, -0.2) is 0 Å². The summed E-state index contributed by atoms with van der Waals surface area (Å²) in [6.45, 7) is 9.25. The molecule has 6 nitrogen and oxygen atoms in total. The van der Waals surface area contributed by atoms with Crippen LogP contribution in [0.1, 0.15) is 45.4 Å². The Morgan fingerprint density at radius 2 is 1.85 bits per heavy atom. The van der Waals surface area contributed by atoms with E-state index in [0.717, 1.165) is 90.2 Å². The molecule has 1 saturated heterocycles. The Morgan fingerprint density at radius 1 is 1.08 bits per heavy atom. The van der Waals surface area contributed by atoms with Crippen LogP contribution in [0, 0.1) is 5.92 Å². The van der Waals surface area contributed by atoms with Crippen molar-refractivity contribution in [2.24, 2.45) is 10.9 Å². The summed E-state index contributed by atoms with van der Waals surface area (Å²) in [5.74, 6) is 1.89. The van der Waals surface area contributed by atoms with Crippen molar-refractivity contribution in [1.29, 1.82) is 0 Å². The lowest BCUT2D eigenvalue weighted by Crippen LogP contribution is -2.47. The zero-order valence-corrected chi connectivity index (χ0v) is 18.9. The third-order valence-corrected chi connectivity index (χ3v) is 4.68. The number of nitrogens with one attached hydrogen (secondary N) is 1. The maximum Gasteiger partial charge on any atom is 0.193 e. The number of guanidine groups is 1. The fourth-order valence-electron chi connectivity index (χ4n) is 3.00. The van der Waals surface area contributed by atoms with E-state index >= 15 is 0 Å². The van der Waals surface area contributed by atoms with Gasteiger partial charge < -0.3 is 24.4 Å². The molecular weight excluding hydrogens is 445 g/mol. The van der Waals surface area contributed by atoms with Gasteiger partial charge in [-0.05, 0) is 51.4 Å². The quantitative estimate of drug-likeness (QED) is 0.200. The molecule has 2 fully saturated rings. The number of aliphatic imine (C=N–C) groups is 1. The molecular formula is C19H38IN3O3. The van der Waals surface area contributed by atoms with Crippen LogP contribution in [-0.2, 0) is 14.2 Å². The minimum Gasteiger partial charge on any atom is -0.385 e.